The number of hydrogen-bond acceptors (Lipinski definition) is 6. The van der Waals surface area contributed by atoms with Crippen molar-refractivity contribution in [2.75, 3.05) is 20.2 Å². The van der Waals surface area contributed by atoms with Crippen LogP contribution in [0.2, 0.25) is 0 Å². The first-order valence-electron chi connectivity index (χ1n) is 14.2. The highest BCUT2D eigenvalue weighted by atomic mass is 32.1. The summed E-state index contributed by atoms with van der Waals surface area (Å²) in [4.78, 5) is 3.67. The topological polar surface area (TPSA) is 62.2 Å². The van der Waals surface area contributed by atoms with Crippen LogP contribution in [-0.4, -0.2) is 64.0 Å². The summed E-state index contributed by atoms with van der Waals surface area (Å²) in [6, 6.07) is 4.39. The third-order valence-electron chi connectivity index (χ3n) is 12.0. The van der Waals surface area contributed by atoms with Gasteiger partial charge in [0.2, 0.25) is 0 Å². The van der Waals surface area contributed by atoms with Gasteiger partial charge >= 0.3 is 0 Å². The van der Waals surface area contributed by atoms with Crippen LogP contribution in [-0.2, 0) is 16.6 Å². The Kier molecular flexibility index (Phi) is 4.55. The van der Waals surface area contributed by atoms with Gasteiger partial charge in [-0.25, -0.2) is 0 Å². The van der Waals surface area contributed by atoms with Gasteiger partial charge in [-0.2, -0.15) is 0 Å². The molecule has 0 radical (unpaired) electrons. The third-order valence-corrected chi connectivity index (χ3v) is 12.3. The van der Waals surface area contributed by atoms with Crippen molar-refractivity contribution < 1.29 is 19.7 Å². The van der Waals surface area contributed by atoms with E-state index in [-0.39, 0.29) is 22.7 Å². The Labute approximate surface area is 224 Å². The van der Waals surface area contributed by atoms with Crippen molar-refractivity contribution in [3.63, 3.8) is 0 Å². The molecule has 1 saturated heterocycles. The van der Waals surface area contributed by atoms with Gasteiger partial charge in [0.1, 0.15) is 11.7 Å². The molecule has 4 saturated carbocycles. The minimum atomic E-state index is -0.712. The molecule has 2 spiro atoms. The van der Waals surface area contributed by atoms with E-state index in [4.69, 9.17) is 21.7 Å². The zero-order valence-electron chi connectivity index (χ0n) is 21.8. The highest BCUT2D eigenvalue weighted by Crippen LogP contribution is 2.79. The molecule has 196 valence electrons. The molecule has 5 fully saturated rings. The number of aliphatic hydroxyl groups is 1. The molecule has 7 atom stereocenters. The number of aliphatic hydroxyl groups excluding tert-OH is 1. The fraction of sp³-hybridized carbons (Fsp3) is 0.645. The average Bonchev–Trinajstić information content (AvgIpc) is 3.63. The van der Waals surface area contributed by atoms with Crippen LogP contribution in [0.5, 0.6) is 11.5 Å². The number of thiocarbonyl (C=S) groups is 1. The summed E-state index contributed by atoms with van der Waals surface area (Å²) in [6.45, 7) is 4.49. The third kappa shape index (κ3) is 2.55. The number of benzene rings is 1. The predicted molar refractivity (Wildman–Crippen MR) is 145 cm³/mol. The van der Waals surface area contributed by atoms with Gasteiger partial charge in [0, 0.05) is 52.8 Å². The normalized spacial score (nSPS) is 43.9. The first kappa shape index (κ1) is 23.2. The van der Waals surface area contributed by atoms with Crippen LogP contribution in [0.3, 0.4) is 0 Å². The van der Waals surface area contributed by atoms with Crippen molar-refractivity contribution in [3.8, 4) is 11.5 Å². The number of aromatic hydroxyl groups is 1. The van der Waals surface area contributed by atoms with Crippen molar-refractivity contribution in [3.05, 3.63) is 47.1 Å². The van der Waals surface area contributed by atoms with E-state index in [1.54, 1.807) is 0 Å². The Morgan fingerprint density at radius 1 is 1.24 bits per heavy atom. The summed E-state index contributed by atoms with van der Waals surface area (Å²) >= 11 is 5.55. The first-order chi connectivity index (χ1) is 17.8. The Morgan fingerprint density at radius 3 is 2.84 bits per heavy atom. The zero-order valence-corrected chi connectivity index (χ0v) is 22.7. The Balaban J connectivity index is 1.35. The molecule has 0 aromatic heterocycles. The van der Waals surface area contributed by atoms with E-state index in [9.17, 15) is 10.2 Å². The van der Waals surface area contributed by atoms with Gasteiger partial charge in [0.05, 0.1) is 6.10 Å². The van der Waals surface area contributed by atoms with Crippen LogP contribution in [0.25, 0.3) is 0 Å². The number of fused-ring (bicyclic) bond motifs is 2. The van der Waals surface area contributed by atoms with Crippen LogP contribution in [0, 0.1) is 16.7 Å². The SMILES string of the molecule is CO[C@]12CCC3(CC1(C)[C@H](O)C1=CC(=S)CC=C1)C1Cc4ccc(O)c5c4[C@@]3(CCN1CC1CC1)[C@@H]2O5. The predicted octanol–water partition coefficient (Wildman–Crippen LogP) is 4.62. The molecular formula is C31H37NO4S. The lowest BCUT2D eigenvalue weighted by Gasteiger charge is -2.77. The van der Waals surface area contributed by atoms with Gasteiger partial charge in [0.25, 0.3) is 0 Å². The monoisotopic (exact) mass is 519 g/mol. The summed E-state index contributed by atoms with van der Waals surface area (Å²) < 4.78 is 13.6. The molecule has 37 heavy (non-hydrogen) atoms. The number of rotatable bonds is 5. The lowest BCUT2D eigenvalue weighted by Crippen LogP contribution is -2.84. The summed E-state index contributed by atoms with van der Waals surface area (Å²) in [5.74, 6) is 1.76. The fourth-order valence-corrected chi connectivity index (χ4v) is 10.6. The van der Waals surface area contributed by atoms with E-state index in [1.165, 1.54) is 30.5 Å². The van der Waals surface area contributed by atoms with Crippen molar-refractivity contribution in [2.45, 2.75) is 87.6 Å². The smallest absolute Gasteiger partial charge is 0.165 e. The lowest BCUT2D eigenvalue weighted by atomic mass is 9.31. The van der Waals surface area contributed by atoms with Gasteiger partial charge < -0.3 is 19.7 Å². The Bertz CT molecular complexity index is 1290. The van der Waals surface area contributed by atoms with Crippen LogP contribution in [0.15, 0.2) is 35.9 Å². The average molecular weight is 520 g/mol. The number of hydrogen-bond donors (Lipinski definition) is 2. The largest absolute Gasteiger partial charge is 0.504 e. The maximum absolute atomic E-state index is 12.2. The fourth-order valence-electron chi connectivity index (χ4n) is 10.4. The van der Waals surface area contributed by atoms with Crippen molar-refractivity contribution in [1.82, 2.24) is 4.90 Å². The zero-order chi connectivity index (χ0) is 25.4. The quantitative estimate of drug-likeness (QED) is 0.554. The van der Waals surface area contributed by atoms with Crippen molar-refractivity contribution in [2.24, 2.45) is 16.7 Å². The van der Waals surface area contributed by atoms with E-state index < -0.39 is 17.1 Å². The molecule has 2 heterocycles. The maximum atomic E-state index is 12.2. The summed E-state index contributed by atoms with van der Waals surface area (Å²) in [5.41, 5.74) is 2.03. The second kappa shape index (κ2) is 7.26. The molecule has 6 aliphatic carbocycles. The molecule has 0 amide bonds. The van der Waals surface area contributed by atoms with E-state index >= 15 is 0 Å². The molecule has 3 unspecified atom stereocenters. The van der Waals surface area contributed by atoms with Crippen LogP contribution >= 0.6 is 12.2 Å². The second-order valence-electron chi connectivity index (χ2n) is 13.3. The highest BCUT2D eigenvalue weighted by molar-refractivity contribution is 7.80. The number of piperidine rings is 1. The lowest BCUT2D eigenvalue weighted by molar-refractivity contribution is -0.319. The van der Waals surface area contributed by atoms with Gasteiger partial charge in [-0.1, -0.05) is 37.4 Å². The molecule has 1 aromatic rings. The molecule has 5 nitrogen and oxygen atoms in total. The van der Waals surface area contributed by atoms with Crippen LogP contribution in [0.1, 0.15) is 63.0 Å². The van der Waals surface area contributed by atoms with Gasteiger partial charge in [-0.15, -0.1) is 0 Å². The Hall–Kier alpha value is -1.73. The van der Waals surface area contributed by atoms with E-state index in [0.29, 0.717) is 11.8 Å². The minimum Gasteiger partial charge on any atom is -0.504 e. The molecular weight excluding hydrogens is 482 g/mol. The number of phenols is 1. The minimum absolute atomic E-state index is 0.0354. The molecule has 2 aliphatic heterocycles. The molecule has 8 aliphatic rings. The Morgan fingerprint density at radius 2 is 2.08 bits per heavy atom. The first-order valence-corrected chi connectivity index (χ1v) is 14.6. The van der Waals surface area contributed by atoms with E-state index in [2.05, 4.69) is 30.0 Å². The van der Waals surface area contributed by atoms with E-state index in [1.807, 2.05) is 19.3 Å². The summed E-state index contributed by atoms with van der Waals surface area (Å²) in [7, 11) is 1.81. The van der Waals surface area contributed by atoms with Crippen molar-refractivity contribution in [1.29, 1.82) is 0 Å². The number of likely N-dealkylation sites (tertiary alicyclic amines) is 1. The molecule has 2 N–H and O–H groups in total. The van der Waals surface area contributed by atoms with Gasteiger partial charge in [0.15, 0.2) is 11.5 Å². The summed E-state index contributed by atoms with van der Waals surface area (Å²) in [5, 5.41) is 23.3. The maximum Gasteiger partial charge on any atom is 0.165 e. The number of nitrogens with zero attached hydrogens (tertiary/aromatic N) is 1. The van der Waals surface area contributed by atoms with Crippen molar-refractivity contribution >= 4 is 17.1 Å². The molecule has 6 heteroatoms. The molecule has 4 bridgehead atoms. The number of ether oxygens (including phenoxy) is 2. The summed E-state index contributed by atoms with van der Waals surface area (Å²) in [6.07, 6.45) is 13.5. The highest BCUT2D eigenvalue weighted by Gasteiger charge is 2.84. The van der Waals surface area contributed by atoms with Gasteiger partial charge in [-0.3, -0.25) is 4.90 Å². The number of allylic oxidation sites excluding steroid dienone is 2. The standard InChI is InChI=1S/C31H37NO4S/c1-28(26(34)20-4-3-5-21(37)14-20)17-29-10-11-31(28,35-2)27-30(29)12-13-32(16-18-6-7-18)23(29)15-19-8-9-22(33)25(36-27)24(19)30/h3-4,8-9,14,18,23,26-27,33-34H,5-7,10-13,15-17H2,1-2H3/t23?,26-,27+,28?,29?,30+,31+/m1/s1. The van der Waals surface area contributed by atoms with E-state index in [0.717, 1.165) is 61.4 Å². The number of phenolic OH excluding ortho intramolecular Hbond substituents is 1. The molecule has 9 rings (SSSR count). The van der Waals surface area contributed by atoms with Crippen LogP contribution in [0.4, 0.5) is 0 Å². The molecule has 1 aromatic carbocycles. The second-order valence-corrected chi connectivity index (χ2v) is 13.8. The van der Waals surface area contributed by atoms with Gasteiger partial charge in [-0.05, 0) is 80.7 Å². The number of methoxy groups -OCH3 is 1. The van der Waals surface area contributed by atoms with Crippen LogP contribution < -0.4 is 4.74 Å².